The van der Waals surface area contributed by atoms with Gasteiger partial charge in [0.2, 0.25) is 0 Å². The zero-order valence-electron chi connectivity index (χ0n) is 11.3. The largest absolute Gasteiger partial charge is 0.0833 e. The normalized spacial score (nSPS) is 26.1. The Balaban J connectivity index is 2.10. The smallest absolute Gasteiger partial charge is 0.0170 e. The number of benzene rings is 1. The van der Waals surface area contributed by atoms with E-state index >= 15 is 0 Å². The molecule has 18 heavy (non-hydrogen) atoms. The predicted molar refractivity (Wildman–Crippen MR) is 78.0 cm³/mol. The van der Waals surface area contributed by atoms with Crippen LogP contribution in [0.1, 0.15) is 49.3 Å². The van der Waals surface area contributed by atoms with Crippen LogP contribution >= 0.6 is 0 Å². The van der Waals surface area contributed by atoms with Crippen LogP contribution in [0.5, 0.6) is 0 Å². The molecule has 0 bridgehead atoms. The first-order valence-electron chi connectivity index (χ1n) is 7.31. The van der Waals surface area contributed by atoms with Crippen molar-refractivity contribution in [3.8, 4) is 0 Å². The van der Waals surface area contributed by atoms with Crippen molar-refractivity contribution in [3.05, 3.63) is 59.2 Å². The Morgan fingerprint density at radius 2 is 2.00 bits per heavy atom. The summed E-state index contributed by atoms with van der Waals surface area (Å²) in [6.07, 6.45) is 16.8. The minimum Gasteiger partial charge on any atom is -0.0833 e. The van der Waals surface area contributed by atoms with Crippen molar-refractivity contribution in [2.24, 2.45) is 0 Å². The fourth-order valence-electron chi connectivity index (χ4n) is 3.56. The summed E-state index contributed by atoms with van der Waals surface area (Å²) in [6, 6.07) is 6.98. The maximum absolute atomic E-state index is 2.43. The van der Waals surface area contributed by atoms with Crippen LogP contribution in [0.15, 0.2) is 42.5 Å². The first-order valence-corrected chi connectivity index (χ1v) is 7.31. The molecule has 2 aliphatic rings. The van der Waals surface area contributed by atoms with Gasteiger partial charge in [0.05, 0.1) is 0 Å². The van der Waals surface area contributed by atoms with E-state index in [0.29, 0.717) is 0 Å². The topological polar surface area (TPSA) is 0 Å². The van der Waals surface area contributed by atoms with Gasteiger partial charge in [-0.15, -0.1) is 0 Å². The Morgan fingerprint density at radius 3 is 2.78 bits per heavy atom. The third-order valence-electron chi connectivity index (χ3n) is 4.71. The van der Waals surface area contributed by atoms with Crippen LogP contribution in [0.4, 0.5) is 0 Å². The monoisotopic (exact) mass is 238 g/mol. The lowest BCUT2D eigenvalue weighted by atomic mass is 9.69. The molecule has 0 saturated carbocycles. The van der Waals surface area contributed by atoms with Gasteiger partial charge in [0.15, 0.2) is 0 Å². The fraction of sp³-hybridized carbons (Fsp3) is 0.444. The summed E-state index contributed by atoms with van der Waals surface area (Å²) in [6.45, 7) is 2.33. The summed E-state index contributed by atoms with van der Waals surface area (Å²) in [5, 5.41) is 0. The molecule has 0 amide bonds. The van der Waals surface area contributed by atoms with Crippen molar-refractivity contribution in [1.29, 1.82) is 0 Å². The lowest BCUT2D eigenvalue weighted by Crippen LogP contribution is -2.26. The Morgan fingerprint density at radius 1 is 1.11 bits per heavy atom. The van der Waals surface area contributed by atoms with Crippen LogP contribution in [0.2, 0.25) is 0 Å². The van der Waals surface area contributed by atoms with E-state index in [1.165, 1.54) is 32.1 Å². The van der Waals surface area contributed by atoms with Crippen LogP contribution in [-0.4, -0.2) is 0 Å². The lowest BCUT2D eigenvalue weighted by molar-refractivity contribution is 0.507. The third kappa shape index (κ3) is 1.84. The number of rotatable bonds is 2. The summed E-state index contributed by atoms with van der Waals surface area (Å²) in [7, 11) is 0. The first-order chi connectivity index (χ1) is 8.86. The third-order valence-corrected chi connectivity index (χ3v) is 4.71. The molecule has 0 radical (unpaired) electrons. The first kappa shape index (κ1) is 11.8. The fourth-order valence-corrected chi connectivity index (χ4v) is 3.56. The van der Waals surface area contributed by atoms with Crippen molar-refractivity contribution >= 4 is 0 Å². The van der Waals surface area contributed by atoms with Crippen molar-refractivity contribution < 1.29 is 0 Å². The van der Waals surface area contributed by atoms with Gasteiger partial charge < -0.3 is 0 Å². The molecule has 94 valence electrons. The van der Waals surface area contributed by atoms with Gasteiger partial charge in [0.1, 0.15) is 0 Å². The van der Waals surface area contributed by atoms with Gasteiger partial charge in [-0.3, -0.25) is 0 Å². The number of allylic oxidation sites excluding steroid dienone is 4. The van der Waals surface area contributed by atoms with Gasteiger partial charge in [-0.1, -0.05) is 49.4 Å². The maximum atomic E-state index is 2.43. The lowest BCUT2D eigenvalue weighted by Gasteiger charge is -2.34. The SMILES string of the molecule is CCC1(c2cccc3c2CCCC3)C=CC=CC1. The van der Waals surface area contributed by atoms with Crippen molar-refractivity contribution in [3.63, 3.8) is 0 Å². The molecule has 1 aromatic rings. The highest BCUT2D eigenvalue weighted by Crippen LogP contribution is 2.40. The van der Waals surface area contributed by atoms with E-state index in [2.05, 4.69) is 49.4 Å². The van der Waals surface area contributed by atoms with E-state index in [9.17, 15) is 0 Å². The highest BCUT2D eigenvalue weighted by Gasteiger charge is 2.30. The molecule has 0 spiro atoms. The van der Waals surface area contributed by atoms with E-state index in [-0.39, 0.29) is 5.41 Å². The average Bonchev–Trinajstić information content (AvgIpc) is 2.47. The Kier molecular flexibility index (Phi) is 3.11. The Hall–Kier alpha value is -1.30. The molecule has 0 aliphatic heterocycles. The molecule has 2 aliphatic carbocycles. The molecule has 0 saturated heterocycles. The molecule has 0 fully saturated rings. The van der Waals surface area contributed by atoms with Gasteiger partial charge in [0.25, 0.3) is 0 Å². The van der Waals surface area contributed by atoms with Crippen molar-refractivity contribution in [2.45, 2.75) is 50.9 Å². The van der Waals surface area contributed by atoms with Gasteiger partial charge in [-0.05, 0) is 55.2 Å². The van der Waals surface area contributed by atoms with Crippen LogP contribution in [-0.2, 0) is 18.3 Å². The summed E-state index contributed by atoms with van der Waals surface area (Å²) in [5.74, 6) is 0. The van der Waals surface area contributed by atoms with E-state index in [0.717, 1.165) is 6.42 Å². The molecule has 3 rings (SSSR count). The molecular weight excluding hydrogens is 216 g/mol. The number of fused-ring (bicyclic) bond motifs is 1. The van der Waals surface area contributed by atoms with Crippen LogP contribution in [0.3, 0.4) is 0 Å². The predicted octanol–water partition coefficient (Wildman–Crippen LogP) is 4.73. The zero-order chi connectivity index (χ0) is 12.4. The average molecular weight is 238 g/mol. The minimum absolute atomic E-state index is 0.261. The molecule has 0 heterocycles. The van der Waals surface area contributed by atoms with Crippen molar-refractivity contribution in [1.82, 2.24) is 0 Å². The summed E-state index contributed by atoms with van der Waals surface area (Å²) in [4.78, 5) is 0. The quantitative estimate of drug-likeness (QED) is 0.698. The second-order valence-corrected chi connectivity index (χ2v) is 5.65. The van der Waals surface area contributed by atoms with Crippen LogP contribution in [0.25, 0.3) is 0 Å². The maximum Gasteiger partial charge on any atom is 0.0170 e. The second kappa shape index (κ2) is 4.76. The summed E-state index contributed by atoms with van der Waals surface area (Å²) in [5.41, 5.74) is 5.13. The van der Waals surface area contributed by atoms with Gasteiger partial charge in [0, 0.05) is 5.41 Å². The minimum atomic E-state index is 0.261. The Labute approximate surface area is 110 Å². The van der Waals surface area contributed by atoms with Gasteiger partial charge >= 0.3 is 0 Å². The van der Waals surface area contributed by atoms with E-state index < -0.39 is 0 Å². The molecule has 1 aromatic carbocycles. The highest BCUT2D eigenvalue weighted by atomic mass is 14.3. The molecule has 1 atom stereocenters. The highest BCUT2D eigenvalue weighted by molar-refractivity contribution is 5.45. The van der Waals surface area contributed by atoms with E-state index in [1.54, 1.807) is 16.7 Å². The Bertz CT molecular complexity index is 493. The summed E-state index contributed by atoms with van der Waals surface area (Å²) >= 11 is 0. The van der Waals surface area contributed by atoms with Crippen LogP contribution in [0, 0.1) is 0 Å². The van der Waals surface area contributed by atoms with Crippen LogP contribution < -0.4 is 0 Å². The molecule has 1 unspecified atom stereocenters. The van der Waals surface area contributed by atoms with Crippen molar-refractivity contribution in [2.75, 3.05) is 0 Å². The molecular formula is C18H22. The molecule has 0 nitrogen and oxygen atoms in total. The van der Waals surface area contributed by atoms with Gasteiger partial charge in [-0.25, -0.2) is 0 Å². The summed E-state index contributed by atoms with van der Waals surface area (Å²) < 4.78 is 0. The number of hydrogen-bond donors (Lipinski definition) is 0. The number of hydrogen-bond acceptors (Lipinski definition) is 0. The van der Waals surface area contributed by atoms with E-state index in [1.807, 2.05) is 0 Å². The molecule has 0 aromatic heterocycles. The van der Waals surface area contributed by atoms with E-state index in [4.69, 9.17) is 0 Å². The molecule has 0 N–H and O–H groups in total. The zero-order valence-corrected chi connectivity index (χ0v) is 11.3. The van der Waals surface area contributed by atoms with Gasteiger partial charge in [-0.2, -0.15) is 0 Å². The number of aryl methyl sites for hydroxylation is 1. The standard InChI is InChI=1S/C18H22/c1-2-18(13-6-3-7-14-18)17-12-8-10-15-9-4-5-11-16(15)17/h3,6-8,10,12-13H,2,4-5,9,11,14H2,1H3. The second-order valence-electron chi connectivity index (χ2n) is 5.65. The molecule has 0 heteroatoms.